The molecule has 29 heavy (non-hydrogen) atoms. The van der Waals surface area contributed by atoms with Crippen LogP contribution in [0.5, 0.6) is 11.5 Å². The van der Waals surface area contributed by atoms with E-state index in [9.17, 15) is 13.2 Å². The number of hydrogen-bond donors (Lipinski definition) is 2. The quantitative estimate of drug-likeness (QED) is 0.585. The number of amides is 1. The van der Waals surface area contributed by atoms with E-state index in [0.29, 0.717) is 22.2 Å². The van der Waals surface area contributed by atoms with Gasteiger partial charge in [-0.05, 0) is 55.8 Å². The van der Waals surface area contributed by atoms with E-state index < -0.39 is 10.0 Å². The molecule has 0 spiro atoms. The summed E-state index contributed by atoms with van der Waals surface area (Å²) in [6.45, 7) is 3.85. The van der Waals surface area contributed by atoms with Gasteiger partial charge >= 0.3 is 0 Å². The van der Waals surface area contributed by atoms with Crippen molar-refractivity contribution in [1.29, 1.82) is 0 Å². The first-order valence-corrected chi connectivity index (χ1v) is 11.0. The topological polar surface area (TPSA) is 93.7 Å². The second-order valence-corrected chi connectivity index (χ2v) is 8.56. The van der Waals surface area contributed by atoms with Crippen LogP contribution >= 0.6 is 11.6 Å². The molecule has 2 aromatic rings. The molecule has 158 valence electrons. The van der Waals surface area contributed by atoms with E-state index in [1.54, 1.807) is 12.1 Å². The normalized spacial score (nSPS) is 12.1. The van der Waals surface area contributed by atoms with Crippen molar-refractivity contribution < 1.29 is 22.7 Å². The summed E-state index contributed by atoms with van der Waals surface area (Å²) in [5.41, 5.74) is 0.314. The summed E-state index contributed by atoms with van der Waals surface area (Å²) < 4.78 is 38.0. The van der Waals surface area contributed by atoms with Gasteiger partial charge in [0.2, 0.25) is 0 Å². The van der Waals surface area contributed by atoms with Crippen LogP contribution < -0.4 is 19.5 Å². The van der Waals surface area contributed by atoms with E-state index in [1.807, 2.05) is 13.8 Å². The Labute approximate surface area is 176 Å². The fraction of sp³-hybridized carbons (Fsp3) is 0.350. The van der Waals surface area contributed by atoms with Crippen LogP contribution in [-0.4, -0.2) is 34.1 Å². The smallest absolute Gasteiger partial charge is 0.261 e. The van der Waals surface area contributed by atoms with Gasteiger partial charge in [0.1, 0.15) is 11.5 Å². The van der Waals surface area contributed by atoms with Gasteiger partial charge in [-0.15, -0.1) is 0 Å². The number of ether oxygens (including phenoxy) is 2. The van der Waals surface area contributed by atoms with Crippen LogP contribution in [0.15, 0.2) is 47.4 Å². The van der Waals surface area contributed by atoms with Gasteiger partial charge in [-0.1, -0.05) is 24.9 Å². The predicted octanol–water partition coefficient (Wildman–Crippen LogP) is 3.83. The summed E-state index contributed by atoms with van der Waals surface area (Å²) in [5, 5.41) is 3.13. The molecule has 0 fully saturated rings. The molecule has 7 nitrogen and oxygen atoms in total. The third kappa shape index (κ3) is 6.83. The van der Waals surface area contributed by atoms with Crippen LogP contribution in [0.25, 0.3) is 0 Å². The van der Waals surface area contributed by atoms with Crippen molar-refractivity contribution in [3.8, 4) is 11.5 Å². The highest BCUT2D eigenvalue weighted by atomic mass is 35.5. The third-order valence-electron chi connectivity index (χ3n) is 4.04. The molecule has 0 aromatic heterocycles. The highest BCUT2D eigenvalue weighted by Gasteiger charge is 2.15. The fourth-order valence-corrected chi connectivity index (χ4v) is 3.94. The highest BCUT2D eigenvalue weighted by molar-refractivity contribution is 7.92. The van der Waals surface area contributed by atoms with E-state index in [1.165, 1.54) is 37.4 Å². The molecule has 1 amide bonds. The zero-order valence-corrected chi connectivity index (χ0v) is 18.1. The highest BCUT2D eigenvalue weighted by Crippen LogP contribution is 2.28. The molecule has 0 aliphatic heterocycles. The molecular formula is C20H25ClN2O5S. The van der Waals surface area contributed by atoms with E-state index in [0.717, 1.165) is 12.8 Å². The molecule has 0 unspecified atom stereocenters. The Balaban J connectivity index is 1.97. The number of rotatable bonds is 10. The van der Waals surface area contributed by atoms with Crippen LogP contribution in [0, 0.1) is 0 Å². The molecule has 2 rings (SSSR count). The van der Waals surface area contributed by atoms with Gasteiger partial charge in [0.25, 0.3) is 15.9 Å². The number of carbonyl (C=O) groups is 1. The number of sulfonamides is 1. The van der Waals surface area contributed by atoms with E-state index in [-0.39, 0.29) is 23.5 Å². The van der Waals surface area contributed by atoms with Crippen LogP contribution in [0.4, 0.5) is 5.69 Å². The molecule has 9 heteroatoms. The van der Waals surface area contributed by atoms with Crippen LogP contribution in [0.3, 0.4) is 0 Å². The molecule has 0 radical (unpaired) electrons. The fourth-order valence-electron chi connectivity index (χ4n) is 2.63. The minimum Gasteiger partial charge on any atom is -0.495 e. The Kier molecular flexibility index (Phi) is 8.16. The van der Waals surface area contributed by atoms with Gasteiger partial charge in [0.15, 0.2) is 6.61 Å². The molecule has 0 heterocycles. The SMILES string of the molecule is CCC[C@@H](C)NC(=O)COc1ccc(S(=O)(=O)Nc2ccc(OC)c(Cl)c2)cc1. The maximum Gasteiger partial charge on any atom is 0.261 e. The van der Waals surface area contributed by atoms with Crippen molar-refractivity contribution in [2.45, 2.75) is 37.6 Å². The Hall–Kier alpha value is -2.45. The van der Waals surface area contributed by atoms with Gasteiger partial charge in [-0.3, -0.25) is 9.52 Å². The monoisotopic (exact) mass is 440 g/mol. The third-order valence-corrected chi connectivity index (χ3v) is 5.73. The first-order chi connectivity index (χ1) is 13.7. The van der Waals surface area contributed by atoms with Crippen molar-refractivity contribution >= 4 is 33.2 Å². The van der Waals surface area contributed by atoms with Gasteiger partial charge in [-0.25, -0.2) is 8.42 Å². The van der Waals surface area contributed by atoms with Crippen LogP contribution in [-0.2, 0) is 14.8 Å². The second-order valence-electron chi connectivity index (χ2n) is 6.47. The summed E-state index contributed by atoms with van der Waals surface area (Å²) in [6.07, 6.45) is 1.87. The molecule has 0 aliphatic carbocycles. The Morgan fingerprint density at radius 2 is 1.86 bits per heavy atom. The van der Waals surface area contributed by atoms with Crippen molar-refractivity contribution in [1.82, 2.24) is 5.32 Å². The number of anilines is 1. The van der Waals surface area contributed by atoms with Crippen LogP contribution in [0.1, 0.15) is 26.7 Å². The number of benzene rings is 2. The van der Waals surface area contributed by atoms with Gasteiger partial charge < -0.3 is 14.8 Å². The first kappa shape index (κ1) is 22.8. The zero-order chi connectivity index (χ0) is 21.4. The number of nitrogens with one attached hydrogen (secondary N) is 2. The van der Waals surface area contributed by atoms with Crippen molar-refractivity contribution in [2.24, 2.45) is 0 Å². The average molecular weight is 441 g/mol. The Morgan fingerprint density at radius 3 is 2.45 bits per heavy atom. The summed E-state index contributed by atoms with van der Waals surface area (Å²) in [7, 11) is -2.33. The summed E-state index contributed by atoms with van der Waals surface area (Å²) in [5.74, 6) is 0.625. The minimum absolute atomic E-state index is 0.0535. The molecule has 1 atom stereocenters. The van der Waals surface area contributed by atoms with Crippen molar-refractivity contribution in [2.75, 3.05) is 18.4 Å². The van der Waals surface area contributed by atoms with E-state index in [4.69, 9.17) is 21.1 Å². The average Bonchev–Trinajstić information content (AvgIpc) is 2.67. The molecule has 0 aliphatic rings. The van der Waals surface area contributed by atoms with E-state index >= 15 is 0 Å². The Morgan fingerprint density at radius 1 is 1.17 bits per heavy atom. The lowest BCUT2D eigenvalue weighted by Crippen LogP contribution is -2.35. The number of methoxy groups -OCH3 is 1. The van der Waals surface area contributed by atoms with Crippen LogP contribution in [0.2, 0.25) is 5.02 Å². The summed E-state index contributed by atoms with van der Waals surface area (Å²) in [4.78, 5) is 11.9. The Bertz CT molecular complexity index is 932. The lowest BCUT2D eigenvalue weighted by molar-refractivity contribution is -0.123. The van der Waals surface area contributed by atoms with Crippen molar-refractivity contribution in [3.63, 3.8) is 0 Å². The zero-order valence-electron chi connectivity index (χ0n) is 16.6. The lowest BCUT2D eigenvalue weighted by Gasteiger charge is -2.13. The van der Waals surface area contributed by atoms with E-state index in [2.05, 4.69) is 10.0 Å². The molecule has 0 bridgehead atoms. The molecule has 0 saturated carbocycles. The standard InChI is InChI=1S/C20H25ClN2O5S/c1-4-5-14(2)22-20(24)13-28-16-7-9-17(10-8-16)29(25,26)23-15-6-11-19(27-3)18(21)12-15/h6-12,14,23H,4-5,13H2,1-3H3,(H,22,24)/t14-/m1/s1. The number of hydrogen-bond acceptors (Lipinski definition) is 5. The van der Waals surface area contributed by atoms with Crippen molar-refractivity contribution in [3.05, 3.63) is 47.5 Å². The summed E-state index contributed by atoms with van der Waals surface area (Å²) >= 11 is 6.03. The first-order valence-electron chi connectivity index (χ1n) is 9.13. The van der Waals surface area contributed by atoms with Gasteiger partial charge in [-0.2, -0.15) is 0 Å². The largest absolute Gasteiger partial charge is 0.495 e. The minimum atomic E-state index is -3.80. The maximum absolute atomic E-state index is 12.5. The lowest BCUT2D eigenvalue weighted by atomic mass is 10.2. The number of carbonyl (C=O) groups excluding carboxylic acids is 1. The molecule has 2 aromatic carbocycles. The number of halogens is 1. The van der Waals surface area contributed by atoms with Gasteiger partial charge in [0, 0.05) is 6.04 Å². The predicted molar refractivity (Wildman–Crippen MR) is 113 cm³/mol. The second kappa shape index (κ2) is 10.4. The van der Waals surface area contributed by atoms with Gasteiger partial charge in [0.05, 0.1) is 22.7 Å². The molecule has 2 N–H and O–H groups in total. The summed E-state index contributed by atoms with van der Waals surface area (Å²) in [6, 6.07) is 10.5. The molecule has 0 saturated heterocycles. The maximum atomic E-state index is 12.5. The molecular weight excluding hydrogens is 416 g/mol.